The zero-order chi connectivity index (χ0) is 12.2. The molecule has 0 amide bonds. The number of benzene rings is 1. The van der Waals surface area contributed by atoms with Gasteiger partial charge in [0.25, 0.3) is 0 Å². The standard InChI is InChI=1S/C16H24N2/c1-2-9-16(18-10-3-4-11-18)15(8-1)13-17-12-14-6-5-7-14/h1-2,8-9,14,17H,3-7,10-13H2. The van der Waals surface area contributed by atoms with Crippen LogP contribution in [-0.4, -0.2) is 19.6 Å². The monoisotopic (exact) mass is 244 g/mol. The van der Waals surface area contributed by atoms with Crippen LogP contribution in [0.15, 0.2) is 24.3 Å². The molecule has 1 heterocycles. The number of para-hydroxylation sites is 1. The molecule has 1 aliphatic carbocycles. The molecule has 1 aromatic rings. The minimum absolute atomic E-state index is 0.948. The predicted octanol–water partition coefficient (Wildman–Crippen LogP) is 3.18. The second kappa shape index (κ2) is 5.75. The molecule has 1 saturated heterocycles. The van der Waals surface area contributed by atoms with Crippen LogP contribution in [-0.2, 0) is 6.54 Å². The zero-order valence-electron chi connectivity index (χ0n) is 11.2. The molecule has 1 aliphatic heterocycles. The molecule has 3 rings (SSSR count). The Kier molecular flexibility index (Phi) is 3.84. The SMILES string of the molecule is c1ccc(N2CCCC2)c(CNCC2CCC2)c1. The van der Waals surface area contributed by atoms with Crippen LogP contribution >= 0.6 is 0 Å². The summed E-state index contributed by atoms with van der Waals surface area (Å²) >= 11 is 0. The van der Waals surface area contributed by atoms with Crippen LogP contribution in [0, 0.1) is 5.92 Å². The molecule has 98 valence electrons. The van der Waals surface area contributed by atoms with E-state index in [-0.39, 0.29) is 0 Å². The van der Waals surface area contributed by atoms with E-state index < -0.39 is 0 Å². The van der Waals surface area contributed by atoms with Gasteiger partial charge in [0.2, 0.25) is 0 Å². The van der Waals surface area contributed by atoms with Crippen molar-refractivity contribution in [1.29, 1.82) is 0 Å². The first-order valence-electron chi connectivity index (χ1n) is 7.47. The van der Waals surface area contributed by atoms with Crippen LogP contribution in [0.2, 0.25) is 0 Å². The molecule has 2 aliphatic rings. The molecule has 2 nitrogen and oxygen atoms in total. The van der Waals surface area contributed by atoms with Crippen molar-refractivity contribution in [3.8, 4) is 0 Å². The third-order valence-electron chi connectivity index (χ3n) is 4.41. The molecule has 0 atom stereocenters. The molecule has 1 saturated carbocycles. The van der Waals surface area contributed by atoms with Crippen molar-refractivity contribution in [3.05, 3.63) is 29.8 Å². The van der Waals surface area contributed by atoms with E-state index >= 15 is 0 Å². The second-order valence-corrected chi connectivity index (χ2v) is 5.75. The van der Waals surface area contributed by atoms with Gasteiger partial charge < -0.3 is 10.2 Å². The summed E-state index contributed by atoms with van der Waals surface area (Å²) in [6.45, 7) is 4.71. The van der Waals surface area contributed by atoms with Crippen molar-refractivity contribution >= 4 is 5.69 Å². The molecule has 1 aromatic carbocycles. The Morgan fingerprint density at radius 1 is 1.06 bits per heavy atom. The summed E-state index contributed by atoms with van der Waals surface area (Å²) in [6.07, 6.45) is 7.01. The van der Waals surface area contributed by atoms with Gasteiger partial charge in [0.05, 0.1) is 0 Å². The van der Waals surface area contributed by atoms with Crippen molar-refractivity contribution in [2.45, 2.75) is 38.6 Å². The molecule has 18 heavy (non-hydrogen) atoms. The fourth-order valence-corrected chi connectivity index (χ4v) is 3.03. The maximum absolute atomic E-state index is 3.64. The van der Waals surface area contributed by atoms with Crippen LogP contribution in [0.1, 0.15) is 37.7 Å². The van der Waals surface area contributed by atoms with E-state index in [1.165, 1.54) is 63.0 Å². The third kappa shape index (κ3) is 2.69. The van der Waals surface area contributed by atoms with Crippen LogP contribution in [0.5, 0.6) is 0 Å². The highest BCUT2D eigenvalue weighted by atomic mass is 15.1. The van der Waals surface area contributed by atoms with Gasteiger partial charge in [-0.2, -0.15) is 0 Å². The summed E-state index contributed by atoms with van der Waals surface area (Å²) in [5.41, 5.74) is 2.93. The Labute approximate surface area is 110 Å². The first kappa shape index (κ1) is 12.0. The van der Waals surface area contributed by atoms with Crippen LogP contribution in [0.4, 0.5) is 5.69 Å². The molecule has 2 fully saturated rings. The molecular weight excluding hydrogens is 220 g/mol. The fraction of sp³-hybridized carbons (Fsp3) is 0.625. The van der Waals surface area contributed by atoms with Crippen molar-refractivity contribution in [3.63, 3.8) is 0 Å². The lowest BCUT2D eigenvalue weighted by molar-refractivity contribution is 0.301. The molecule has 2 heteroatoms. The Bertz CT molecular complexity index is 378. The van der Waals surface area contributed by atoms with Crippen molar-refractivity contribution in [2.75, 3.05) is 24.5 Å². The van der Waals surface area contributed by atoms with E-state index in [1.54, 1.807) is 0 Å². The number of hydrogen-bond acceptors (Lipinski definition) is 2. The first-order valence-corrected chi connectivity index (χ1v) is 7.47. The van der Waals surface area contributed by atoms with Gasteiger partial charge in [-0.3, -0.25) is 0 Å². The maximum Gasteiger partial charge on any atom is 0.0411 e. The number of nitrogens with zero attached hydrogens (tertiary/aromatic N) is 1. The van der Waals surface area contributed by atoms with Gasteiger partial charge in [0, 0.05) is 25.3 Å². The summed E-state index contributed by atoms with van der Waals surface area (Å²) in [6, 6.07) is 8.90. The summed E-state index contributed by atoms with van der Waals surface area (Å²) in [7, 11) is 0. The Morgan fingerprint density at radius 2 is 1.83 bits per heavy atom. The van der Waals surface area contributed by atoms with Crippen LogP contribution in [0.3, 0.4) is 0 Å². The van der Waals surface area contributed by atoms with Gasteiger partial charge in [-0.05, 0) is 49.8 Å². The van der Waals surface area contributed by atoms with Gasteiger partial charge in [0.15, 0.2) is 0 Å². The summed E-state index contributed by atoms with van der Waals surface area (Å²) in [5, 5.41) is 3.64. The Balaban J connectivity index is 1.59. The minimum Gasteiger partial charge on any atom is -0.371 e. The highest BCUT2D eigenvalue weighted by Crippen LogP contribution is 2.26. The lowest BCUT2D eigenvalue weighted by Crippen LogP contribution is -2.28. The topological polar surface area (TPSA) is 15.3 Å². The Hall–Kier alpha value is -1.02. The third-order valence-corrected chi connectivity index (χ3v) is 4.41. The van der Waals surface area contributed by atoms with Gasteiger partial charge in [-0.1, -0.05) is 24.6 Å². The lowest BCUT2D eigenvalue weighted by atomic mass is 9.85. The highest BCUT2D eigenvalue weighted by Gasteiger charge is 2.18. The summed E-state index contributed by atoms with van der Waals surface area (Å²) in [4.78, 5) is 2.54. The van der Waals surface area contributed by atoms with Gasteiger partial charge in [-0.25, -0.2) is 0 Å². The predicted molar refractivity (Wildman–Crippen MR) is 76.9 cm³/mol. The largest absolute Gasteiger partial charge is 0.371 e. The summed E-state index contributed by atoms with van der Waals surface area (Å²) < 4.78 is 0. The molecule has 0 radical (unpaired) electrons. The maximum atomic E-state index is 3.64. The van der Waals surface area contributed by atoms with Crippen LogP contribution in [0.25, 0.3) is 0 Å². The van der Waals surface area contributed by atoms with Gasteiger partial charge in [0.1, 0.15) is 0 Å². The first-order chi connectivity index (χ1) is 8.93. The molecule has 1 N–H and O–H groups in total. The van der Waals surface area contributed by atoms with Crippen molar-refractivity contribution < 1.29 is 0 Å². The molecular formula is C16H24N2. The minimum atomic E-state index is 0.948. The number of anilines is 1. The van der Waals surface area contributed by atoms with E-state index in [4.69, 9.17) is 0 Å². The molecule has 0 spiro atoms. The van der Waals surface area contributed by atoms with E-state index in [9.17, 15) is 0 Å². The van der Waals surface area contributed by atoms with Gasteiger partial charge >= 0.3 is 0 Å². The van der Waals surface area contributed by atoms with E-state index in [0.29, 0.717) is 0 Å². The van der Waals surface area contributed by atoms with E-state index in [0.717, 1.165) is 12.5 Å². The number of rotatable bonds is 5. The number of hydrogen-bond donors (Lipinski definition) is 1. The lowest BCUT2D eigenvalue weighted by Gasteiger charge is -2.26. The van der Waals surface area contributed by atoms with Gasteiger partial charge in [-0.15, -0.1) is 0 Å². The average Bonchev–Trinajstić information content (AvgIpc) is 2.86. The van der Waals surface area contributed by atoms with Crippen molar-refractivity contribution in [2.24, 2.45) is 5.92 Å². The average molecular weight is 244 g/mol. The second-order valence-electron chi connectivity index (χ2n) is 5.75. The fourth-order valence-electron chi connectivity index (χ4n) is 3.03. The normalized spacial score (nSPS) is 20.1. The molecule has 0 aromatic heterocycles. The number of nitrogens with one attached hydrogen (secondary N) is 1. The summed E-state index contributed by atoms with van der Waals surface area (Å²) in [5.74, 6) is 0.948. The quantitative estimate of drug-likeness (QED) is 0.856. The smallest absolute Gasteiger partial charge is 0.0411 e. The van der Waals surface area contributed by atoms with Crippen LogP contribution < -0.4 is 10.2 Å². The zero-order valence-corrected chi connectivity index (χ0v) is 11.2. The van der Waals surface area contributed by atoms with E-state index in [2.05, 4.69) is 34.5 Å². The van der Waals surface area contributed by atoms with E-state index in [1.807, 2.05) is 0 Å². The Morgan fingerprint density at radius 3 is 2.56 bits per heavy atom. The highest BCUT2D eigenvalue weighted by molar-refractivity contribution is 5.54. The molecule has 0 bridgehead atoms. The molecule has 0 unspecified atom stereocenters. The van der Waals surface area contributed by atoms with Crippen molar-refractivity contribution in [1.82, 2.24) is 5.32 Å².